The van der Waals surface area contributed by atoms with E-state index in [0.29, 0.717) is 27.6 Å². The molecule has 0 bridgehead atoms. The monoisotopic (exact) mass is 399 g/mol. The van der Waals surface area contributed by atoms with Crippen LogP contribution in [-0.2, 0) is 9.59 Å². The first kappa shape index (κ1) is 21.0. The lowest BCUT2D eigenvalue weighted by atomic mass is 9.78. The van der Waals surface area contributed by atoms with Crippen LogP contribution in [0.3, 0.4) is 0 Å². The van der Waals surface area contributed by atoms with Crippen molar-refractivity contribution in [3.8, 4) is 0 Å². The highest BCUT2D eigenvalue weighted by molar-refractivity contribution is 6.39. The van der Waals surface area contributed by atoms with Crippen molar-refractivity contribution in [2.24, 2.45) is 11.8 Å². The first-order valence-electron chi connectivity index (χ1n) is 8.99. The van der Waals surface area contributed by atoms with E-state index in [1.807, 2.05) is 0 Å². The van der Waals surface area contributed by atoms with Crippen LogP contribution >= 0.6 is 23.2 Å². The van der Waals surface area contributed by atoms with Crippen LogP contribution in [0.2, 0.25) is 10.0 Å². The van der Waals surface area contributed by atoms with E-state index in [2.05, 4.69) is 24.5 Å². The quantitative estimate of drug-likeness (QED) is 0.764. The van der Waals surface area contributed by atoms with Gasteiger partial charge in [-0.05, 0) is 37.4 Å². The zero-order valence-corrected chi connectivity index (χ0v) is 17.0. The number of halogens is 2. The number of benzene rings is 1. The second-order valence-electron chi connectivity index (χ2n) is 7.26. The Bertz CT molecular complexity index is 633. The van der Waals surface area contributed by atoms with Crippen LogP contribution in [0.15, 0.2) is 18.2 Å². The van der Waals surface area contributed by atoms with Crippen LogP contribution in [-0.4, -0.2) is 42.9 Å². The second-order valence-corrected chi connectivity index (χ2v) is 8.07. The third-order valence-corrected chi connectivity index (χ3v) is 5.74. The summed E-state index contributed by atoms with van der Waals surface area (Å²) >= 11 is 12.1. The molecule has 1 aromatic rings. The maximum absolute atomic E-state index is 12.3. The topological polar surface area (TPSA) is 61.4 Å². The van der Waals surface area contributed by atoms with E-state index >= 15 is 0 Å². The van der Waals surface area contributed by atoms with Gasteiger partial charge in [-0.15, -0.1) is 0 Å². The molecule has 2 rings (SSSR count). The van der Waals surface area contributed by atoms with E-state index in [1.165, 1.54) is 6.42 Å². The van der Waals surface area contributed by atoms with Crippen molar-refractivity contribution in [2.75, 3.05) is 25.5 Å². The first-order valence-corrected chi connectivity index (χ1v) is 9.75. The molecule has 0 aromatic heterocycles. The molecule has 0 unspecified atom stereocenters. The van der Waals surface area contributed by atoms with Gasteiger partial charge in [0.05, 0.1) is 28.8 Å². The van der Waals surface area contributed by atoms with Crippen LogP contribution in [0, 0.1) is 11.8 Å². The predicted molar refractivity (Wildman–Crippen MR) is 107 cm³/mol. The summed E-state index contributed by atoms with van der Waals surface area (Å²) in [6.07, 6.45) is 3.39. The second kappa shape index (κ2) is 9.58. The molecular weight excluding hydrogens is 373 g/mol. The number of amides is 2. The van der Waals surface area contributed by atoms with Gasteiger partial charge in [0.2, 0.25) is 11.8 Å². The molecule has 144 valence electrons. The van der Waals surface area contributed by atoms with Crippen LogP contribution < -0.4 is 10.6 Å². The van der Waals surface area contributed by atoms with Gasteiger partial charge in [0.1, 0.15) is 0 Å². The Kier molecular flexibility index (Phi) is 7.74. The van der Waals surface area contributed by atoms with Gasteiger partial charge in [-0.2, -0.15) is 0 Å². The van der Waals surface area contributed by atoms with Crippen molar-refractivity contribution >= 4 is 40.7 Å². The molecule has 1 aliphatic rings. The summed E-state index contributed by atoms with van der Waals surface area (Å²) in [6, 6.07) is 5.25. The number of para-hydroxylation sites is 1. The fourth-order valence-corrected chi connectivity index (χ4v) is 3.87. The molecule has 0 aliphatic heterocycles. The number of rotatable bonds is 6. The molecule has 2 N–H and O–H groups in total. The van der Waals surface area contributed by atoms with Crippen LogP contribution in [0.5, 0.6) is 0 Å². The molecule has 3 atom stereocenters. The molecule has 0 spiro atoms. The molecule has 1 fully saturated rings. The molecule has 1 aliphatic carbocycles. The third kappa shape index (κ3) is 5.86. The molecule has 7 heteroatoms. The van der Waals surface area contributed by atoms with Crippen molar-refractivity contribution in [3.05, 3.63) is 28.2 Å². The highest BCUT2D eigenvalue weighted by Gasteiger charge is 2.28. The van der Waals surface area contributed by atoms with E-state index in [4.69, 9.17) is 23.2 Å². The number of carbonyl (C=O) groups is 2. The number of carbonyl (C=O) groups excluding carboxylic acids is 2. The van der Waals surface area contributed by atoms with Crippen molar-refractivity contribution in [3.63, 3.8) is 0 Å². The van der Waals surface area contributed by atoms with Crippen molar-refractivity contribution in [2.45, 2.75) is 39.2 Å². The largest absolute Gasteiger partial charge is 0.352 e. The Morgan fingerprint density at radius 3 is 2.38 bits per heavy atom. The van der Waals surface area contributed by atoms with E-state index in [0.717, 1.165) is 12.8 Å². The molecular formula is C19H27Cl2N3O2. The number of likely N-dealkylation sites (N-methyl/N-ethyl adjacent to an activating group) is 1. The predicted octanol–water partition coefficient (Wildman–Crippen LogP) is 3.80. The lowest BCUT2D eigenvalue weighted by Crippen LogP contribution is -2.47. The summed E-state index contributed by atoms with van der Waals surface area (Å²) in [4.78, 5) is 26.2. The maximum atomic E-state index is 12.3. The van der Waals surface area contributed by atoms with Gasteiger partial charge in [-0.3, -0.25) is 14.5 Å². The summed E-state index contributed by atoms with van der Waals surface area (Å²) in [5, 5.41) is 6.58. The Labute approximate surface area is 165 Å². The molecule has 1 saturated carbocycles. The van der Waals surface area contributed by atoms with E-state index in [-0.39, 0.29) is 30.9 Å². The summed E-state index contributed by atoms with van der Waals surface area (Å²) in [7, 11) is 1.74. The van der Waals surface area contributed by atoms with Gasteiger partial charge in [-0.1, -0.05) is 56.0 Å². The molecule has 2 amide bonds. The van der Waals surface area contributed by atoms with Gasteiger partial charge < -0.3 is 10.6 Å². The lowest BCUT2D eigenvalue weighted by molar-refractivity contribution is -0.124. The van der Waals surface area contributed by atoms with Crippen LogP contribution in [0.1, 0.15) is 33.1 Å². The number of hydrogen-bond donors (Lipinski definition) is 2. The average molecular weight is 400 g/mol. The molecule has 1 aromatic carbocycles. The lowest BCUT2D eigenvalue weighted by Gasteiger charge is -2.34. The summed E-state index contributed by atoms with van der Waals surface area (Å²) in [5.41, 5.74) is 0.392. The number of nitrogens with one attached hydrogen (secondary N) is 2. The summed E-state index contributed by atoms with van der Waals surface area (Å²) in [5.74, 6) is 0.776. The molecule has 5 nitrogen and oxygen atoms in total. The third-order valence-electron chi connectivity index (χ3n) is 5.11. The highest BCUT2D eigenvalue weighted by atomic mass is 35.5. The fraction of sp³-hybridized carbons (Fsp3) is 0.579. The van der Waals surface area contributed by atoms with E-state index in [9.17, 15) is 9.59 Å². The molecule has 0 radical (unpaired) electrons. The average Bonchev–Trinajstić information content (AvgIpc) is 2.55. The van der Waals surface area contributed by atoms with Gasteiger partial charge in [0.15, 0.2) is 0 Å². The van der Waals surface area contributed by atoms with Gasteiger partial charge in [0.25, 0.3) is 0 Å². The summed E-state index contributed by atoms with van der Waals surface area (Å²) < 4.78 is 0. The Hall–Kier alpha value is -1.30. The standard InChI is InChI=1S/C19H27Cl2N3O2/c1-12-6-4-9-16(13(12)2)22-17(25)10-24(3)11-18(26)23-19-14(20)7-5-8-15(19)21/h5,7-8,12-13,16H,4,6,9-11H2,1-3H3,(H,22,25)(H,23,26)/t12-,13-,16-/m1/s1. The number of hydrogen-bond acceptors (Lipinski definition) is 3. The normalized spacial score (nSPS) is 22.9. The van der Waals surface area contributed by atoms with Gasteiger partial charge in [0, 0.05) is 6.04 Å². The minimum atomic E-state index is -0.269. The number of nitrogens with zero attached hydrogens (tertiary/aromatic N) is 1. The molecule has 0 heterocycles. The minimum absolute atomic E-state index is 0.0537. The van der Waals surface area contributed by atoms with E-state index in [1.54, 1.807) is 30.1 Å². The van der Waals surface area contributed by atoms with Crippen molar-refractivity contribution in [1.29, 1.82) is 0 Å². The molecule has 26 heavy (non-hydrogen) atoms. The Morgan fingerprint density at radius 1 is 1.12 bits per heavy atom. The minimum Gasteiger partial charge on any atom is -0.352 e. The Morgan fingerprint density at radius 2 is 1.73 bits per heavy atom. The summed E-state index contributed by atoms with van der Waals surface area (Å²) in [6.45, 7) is 4.67. The highest BCUT2D eigenvalue weighted by Crippen LogP contribution is 2.30. The Balaban J connectivity index is 1.81. The smallest absolute Gasteiger partial charge is 0.238 e. The molecule has 0 saturated heterocycles. The maximum Gasteiger partial charge on any atom is 0.238 e. The van der Waals surface area contributed by atoms with Crippen molar-refractivity contribution in [1.82, 2.24) is 10.2 Å². The number of anilines is 1. The first-order chi connectivity index (χ1) is 12.3. The van der Waals surface area contributed by atoms with Crippen LogP contribution in [0.4, 0.5) is 5.69 Å². The fourth-order valence-electron chi connectivity index (χ4n) is 3.38. The SMILES string of the molecule is C[C@@H]1[C@H](C)CCC[C@H]1NC(=O)CN(C)CC(=O)Nc1c(Cl)cccc1Cl. The van der Waals surface area contributed by atoms with Crippen LogP contribution in [0.25, 0.3) is 0 Å². The zero-order chi connectivity index (χ0) is 19.3. The van der Waals surface area contributed by atoms with Crippen molar-refractivity contribution < 1.29 is 9.59 Å². The van der Waals surface area contributed by atoms with Gasteiger partial charge >= 0.3 is 0 Å². The zero-order valence-electron chi connectivity index (χ0n) is 15.5. The van der Waals surface area contributed by atoms with Gasteiger partial charge in [-0.25, -0.2) is 0 Å². The van der Waals surface area contributed by atoms with E-state index < -0.39 is 0 Å².